The molecule has 4 fully saturated rings. The molecule has 5 aliphatic rings. The molecular formula is C30H42O8. The first kappa shape index (κ1) is 26.7. The molecule has 8 nitrogen and oxygen atoms in total. The van der Waals surface area contributed by atoms with E-state index in [1.54, 1.807) is 13.2 Å². The molecule has 6 rings (SSSR count). The maximum atomic E-state index is 12.4. The van der Waals surface area contributed by atoms with Crippen LogP contribution in [0.4, 0.5) is 0 Å². The molecule has 0 bridgehead atoms. The van der Waals surface area contributed by atoms with Crippen LogP contribution in [-0.4, -0.2) is 62.8 Å². The van der Waals surface area contributed by atoms with Gasteiger partial charge in [-0.3, -0.25) is 0 Å². The van der Waals surface area contributed by atoms with Crippen molar-refractivity contribution >= 4 is 0 Å². The standard InChI is InChI=1S/C30H42O8/c1-16-24(32)25(33)26(34)27(37-16)38-19-8-11-28(2)18(14-19)5-6-22-21(28)9-12-29(3)20(10-13-30(22,29)35)17-4-7-23(31)36-15-17/h4,7,14-16,19-22,24-27,32-35H,5-6,8-13H2,1-3H3/t16?,19-,20+,21?,22?,24-,25?,26-,27-,28-,29+,30-/m0/s1. The number of rotatable bonds is 3. The molecule has 3 saturated carbocycles. The van der Waals surface area contributed by atoms with Crippen LogP contribution in [0.2, 0.25) is 0 Å². The van der Waals surface area contributed by atoms with Gasteiger partial charge in [-0.15, -0.1) is 0 Å². The Kier molecular flexibility index (Phi) is 6.49. The van der Waals surface area contributed by atoms with Crippen LogP contribution in [0, 0.1) is 22.7 Å². The molecule has 4 N–H and O–H groups in total. The Balaban J connectivity index is 1.21. The molecule has 1 aromatic heterocycles. The van der Waals surface area contributed by atoms with E-state index in [0.717, 1.165) is 56.9 Å². The first-order valence-electron chi connectivity index (χ1n) is 14.4. The minimum Gasteiger partial charge on any atom is -0.431 e. The van der Waals surface area contributed by atoms with Gasteiger partial charge in [0.15, 0.2) is 6.29 Å². The highest BCUT2D eigenvalue weighted by Crippen LogP contribution is 2.70. The van der Waals surface area contributed by atoms with Crippen LogP contribution in [0.25, 0.3) is 0 Å². The molecule has 38 heavy (non-hydrogen) atoms. The SMILES string of the molecule is CC1O[C@@H](O[C@@H]2C=C3CCC4C(CC[C@]5(C)[C@@H](c6ccc(=O)oc6)CC[C@]45O)[C@@]3(C)CC2)[C@@H](O)C(O)[C@H]1O. The predicted molar refractivity (Wildman–Crippen MR) is 138 cm³/mol. The lowest BCUT2D eigenvalue weighted by Crippen LogP contribution is -2.60. The lowest BCUT2D eigenvalue weighted by molar-refractivity contribution is -0.301. The van der Waals surface area contributed by atoms with E-state index in [2.05, 4.69) is 19.9 Å². The molecule has 0 spiro atoms. The van der Waals surface area contributed by atoms with Crippen LogP contribution >= 0.6 is 0 Å². The van der Waals surface area contributed by atoms with Crippen molar-refractivity contribution in [2.45, 2.75) is 120 Å². The van der Waals surface area contributed by atoms with E-state index in [9.17, 15) is 25.2 Å². The first-order valence-corrected chi connectivity index (χ1v) is 14.4. The third-order valence-corrected chi connectivity index (χ3v) is 11.5. The minimum absolute atomic E-state index is 0.0213. The van der Waals surface area contributed by atoms with Gasteiger partial charge in [0.1, 0.15) is 18.3 Å². The summed E-state index contributed by atoms with van der Waals surface area (Å²) < 4.78 is 17.0. The maximum Gasteiger partial charge on any atom is 0.335 e. The topological polar surface area (TPSA) is 130 Å². The maximum absolute atomic E-state index is 12.4. The van der Waals surface area contributed by atoms with Gasteiger partial charge in [0, 0.05) is 11.5 Å². The number of ether oxygens (including phenoxy) is 2. The van der Waals surface area contributed by atoms with Crippen molar-refractivity contribution in [2.24, 2.45) is 22.7 Å². The van der Waals surface area contributed by atoms with Gasteiger partial charge in [0.25, 0.3) is 0 Å². The molecule has 4 unspecified atom stereocenters. The fourth-order valence-electron chi connectivity index (χ4n) is 9.17. The van der Waals surface area contributed by atoms with Crippen LogP contribution in [0.3, 0.4) is 0 Å². The highest BCUT2D eigenvalue weighted by molar-refractivity contribution is 5.31. The Labute approximate surface area is 223 Å². The van der Waals surface area contributed by atoms with Gasteiger partial charge >= 0.3 is 5.63 Å². The summed E-state index contributed by atoms with van der Waals surface area (Å²) in [7, 11) is 0. The number of hydrogen-bond donors (Lipinski definition) is 4. The molecule has 1 aromatic rings. The summed E-state index contributed by atoms with van der Waals surface area (Å²) in [5.74, 6) is 0.759. The largest absolute Gasteiger partial charge is 0.431 e. The van der Waals surface area contributed by atoms with Crippen molar-refractivity contribution in [1.29, 1.82) is 0 Å². The van der Waals surface area contributed by atoms with Gasteiger partial charge < -0.3 is 34.3 Å². The van der Waals surface area contributed by atoms with Gasteiger partial charge in [-0.05, 0) is 93.1 Å². The molecule has 1 aliphatic heterocycles. The molecule has 0 radical (unpaired) electrons. The van der Waals surface area contributed by atoms with Gasteiger partial charge in [-0.2, -0.15) is 0 Å². The third-order valence-electron chi connectivity index (χ3n) is 11.5. The Morgan fingerprint density at radius 1 is 0.947 bits per heavy atom. The van der Waals surface area contributed by atoms with Crippen molar-refractivity contribution < 1.29 is 34.3 Å². The number of fused-ring (bicyclic) bond motifs is 5. The van der Waals surface area contributed by atoms with Crippen LogP contribution in [0.15, 0.2) is 39.3 Å². The summed E-state index contributed by atoms with van der Waals surface area (Å²) >= 11 is 0. The van der Waals surface area contributed by atoms with Gasteiger partial charge in [-0.25, -0.2) is 4.79 Å². The Morgan fingerprint density at radius 3 is 2.47 bits per heavy atom. The van der Waals surface area contributed by atoms with E-state index in [1.807, 2.05) is 6.07 Å². The summed E-state index contributed by atoms with van der Waals surface area (Å²) in [6.45, 7) is 6.26. The average molecular weight is 531 g/mol. The molecule has 12 atom stereocenters. The Hall–Kier alpha value is -1.55. The monoisotopic (exact) mass is 530 g/mol. The fourth-order valence-corrected chi connectivity index (χ4v) is 9.17. The second-order valence-electron chi connectivity index (χ2n) is 13.1. The second-order valence-corrected chi connectivity index (χ2v) is 13.1. The summed E-state index contributed by atoms with van der Waals surface area (Å²) in [4.78, 5) is 11.5. The van der Waals surface area contributed by atoms with E-state index in [-0.39, 0.29) is 34.4 Å². The second kappa shape index (κ2) is 9.25. The molecule has 0 aromatic carbocycles. The van der Waals surface area contributed by atoms with Crippen LogP contribution in [-0.2, 0) is 9.47 Å². The van der Waals surface area contributed by atoms with Crippen LogP contribution in [0.5, 0.6) is 0 Å². The number of aliphatic hydroxyl groups excluding tert-OH is 3. The highest BCUT2D eigenvalue weighted by atomic mass is 16.7. The normalized spacial score (nSPS) is 50.5. The van der Waals surface area contributed by atoms with Crippen molar-refractivity contribution in [1.82, 2.24) is 0 Å². The number of aliphatic hydroxyl groups is 4. The van der Waals surface area contributed by atoms with Crippen molar-refractivity contribution in [3.05, 3.63) is 46.0 Å². The summed E-state index contributed by atoms with van der Waals surface area (Å²) in [5, 5.41) is 43.0. The van der Waals surface area contributed by atoms with Gasteiger partial charge in [0.05, 0.1) is 24.1 Å². The van der Waals surface area contributed by atoms with Crippen molar-refractivity contribution in [3.8, 4) is 0 Å². The summed E-state index contributed by atoms with van der Waals surface area (Å²) in [5.41, 5.74) is 0.991. The summed E-state index contributed by atoms with van der Waals surface area (Å²) in [6.07, 6.45) is 5.32. The zero-order valence-electron chi connectivity index (χ0n) is 22.6. The third kappa shape index (κ3) is 3.82. The van der Waals surface area contributed by atoms with E-state index in [4.69, 9.17) is 13.9 Å². The van der Waals surface area contributed by atoms with Gasteiger partial charge in [-0.1, -0.05) is 25.5 Å². The Morgan fingerprint density at radius 2 is 1.74 bits per heavy atom. The van der Waals surface area contributed by atoms with Crippen LogP contribution in [0.1, 0.15) is 83.6 Å². The van der Waals surface area contributed by atoms with E-state index in [1.165, 1.54) is 11.6 Å². The number of allylic oxidation sites excluding steroid dienone is 1. The zero-order valence-corrected chi connectivity index (χ0v) is 22.6. The number of hydrogen-bond acceptors (Lipinski definition) is 8. The molecule has 2 heterocycles. The van der Waals surface area contributed by atoms with Crippen molar-refractivity contribution in [2.75, 3.05) is 0 Å². The van der Waals surface area contributed by atoms with E-state index in [0.29, 0.717) is 5.92 Å². The molecular weight excluding hydrogens is 488 g/mol. The molecule has 1 saturated heterocycles. The lowest BCUT2D eigenvalue weighted by Gasteiger charge is -2.62. The predicted octanol–water partition coefficient (Wildman–Crippen LogP) is 3.01. The lowest BCUT2D eigenvalue weighted by atomic mass is 9.45. The highest BCUT2D eigenvalue weighted by Gasteiger charge is 2.66. The average Bonchev–Trinajstić information content (AvgIpc) is 3.18. The first-order chi connectivity index (χ1) is 18.0. The van der Waals surface area contributed by atoms with E-state index >= 15 is 0 Å². The van der Waals surface area contributed by atoms with Crippen molar-refractivity contribution in [3.63, 3.8) is 0 Å². The molecule has 8 heteroatoms. The minimum atomic E-state index is -1.31. The molecule has 210 valence electrons. The Bertz CT molecular complexity index is 1130. The summed E-state index contributed by atoms with van der Waals surface area (Å²) in [6, 6.07) is 3.36. The van der Waals surface area contributed by atoms with Gasteiger partial charge in [0.2, 0.25) is 0 Å². The van der Waals surface area contributed by atoms with Crippen LogP contribution < -0.4 is 5.63 Å². The fraction of sp³-hybridized carbons (Fsp3) is 0.767. The molecule has 4 aliphatic carbocycles. The van der Waals surface area contributed by atoms with E-state index < -0.39 is 36.3 Å². The molecule has 0 amide bonds. The smallest absolute Gasteiger partial charge is 0.335 e. The quantitative estimate of drug-likeness (QED) is 0.439. The zero-order chi connectivity index (χ0) is 27.0.